The van der Waals surface area contributed by atoms with E-state index in [0.717, 1.165) is 22.2 Å². The van der Waals surface area contributed by atoms with Crippen molar-refractivity contribution < 1.29 is 19.1 Å². The number of H-pyrrole nitrogens is 1. The highest BCUT2D eigenvalue weighted by atomic mass is 16.5. The number of nitrogens with zero attached hydrogens (tertiary/aromatic N) is 2. The van der Waals surface area contributed by atoms with E-state index < -0.39 is 5.91 Å². The number of hydrogen-bond acceptors (Lipinski definition) is 5. The van der Waals surface area contributed by atoms with Crippen LogP contribution in [0.2, 0.25) is 0 Å². The maximum Gasteiger partial charge on any atom is 0.273 e. The lowest BCUT2D eigenvalue weighted by atomic mass is 10.1. The number of carbonyl (C=O) groups is 2. The highest BCUT2D eigenvalue weighted by molar-refractivity contribution is 6.01. The Morgan fingerprint density at radius 1 is 0.946 bits per heavy atom. The van der Waals surface area contributed by atoms with Gasteiger partial charge in [-0.25, -0.2) is 4.68 Å². The van der Waals surface area contributed by atoms with Crippen LogP contribution in [0.3, 0.4) is 0 Å². The number of benzene rings is 3. The van der Waals surface area contributed by atoms with Crippen LogP contribution >= 0.6 is 0 Å². The molecule has 2 heterocycles. The lowest BCUT2D eigenvalue weighted by Gasteiger charge is -2.11. The summed E-state index contributed by atoms with van der Waals surface area (Å²) in [5, 5.41) is 5.64. The molecule has 0 unspecified atom stereocenters. The Morgan fingerprint density at radius 2 is 1.73 bits per heavy atom. The van der Waals surface area contributed by atoms with Gasteiger partial charge >= 0.3 is 0 Å². The van der Waals surface area contributed by atoms with Gasteiger partial charge in [-0.05, 0) is 35.9 Å². The molecule has 0 saturated heterocycles. The Balaban J connectivity index is 1.41. The number of fused-ring (bicyclic) bond motifs is 1. The second kappa shape index (κ2) is 10.3. The first-order valence-corrected chi connectivity index (χ1v) is 11.6. The molecule has 0 aliphatic heterocycles. The molecule has 186 valence electrons. The zero-order valence-electron chi connectivity index (χ0n) is 20.3. The van der Waals surface area contributed by atoms with Crippen LogP contribution in [0.25, 0.3) is 27.8 Å². The molecule has 3 aromatic carbocycles. The Hall–Kier alpha value is -5.05. The van der Waals surface area contributed by atoms with Crippen molar-refractivity contribution in [3.8, 4) is 28.4 Å². The molecule has 2 amide bonds. The van der Waals surface area contributed by atoms with Crippen molar-refractivity contribution in [3.63, 3.8) is 0 Å². The first kappa shape index (κ1) is 23.7. The van der Waals surface area contributed by atoms with Crippen molar-refractivity contribution in [3.05, 3.63) is 96.3 Å². The second-order valence-electron chi connectivity index (χ2n) is 8.28. The molecular formula is C28H25N5O4. The van der Waals surface area contributed by atoms with Crippen molar-refractivity contribution in [1.29, 1.82) is 0 Å². The van der Waals surface area contributed by atoms with Crippen LogP contribution in [0, 0.1) is 0 Å². The van der Waals surface area contributed by atoms with Crippen LogP contribution in [0.5, 0.6) is 11.5 Å². The van der Waals surface area contributed by atoms with Gasteiger partial charge in [-0.1, -0.05) is 36.4 Å². The minimum atomic E-state index is -0.512. The summed E-state index contributed by atoms with van der Waals surface area (Å²) < 4.78 is 12.5. The minimum absolute atomic E-state index is 0.104. The molecule has 0 aliphatic carbocycles. The molecule has 0 spiro atoms. The van der Waals surface area contributed by atoms with Crippen molar-refractivity contribution in [2.45, 2.75) is 6.42 Å². The number of methoxy groups -OCH3 is 2. The second-order valence-corrected chi connectivity index (χ2v) is 8.28. The number of ether oxygens (including phenoxy) is 2. The maximum atomic E-state index is 13.3. The summed E-state index contributed by atoms with van der Waals surface area (Å²) in [6, 6.07) is 22.4. The van der Waals surface area contributed by atoms with E-state index in [-0.39, 0.29) is 17.9 Å². The average Bonchev–Trinajstić information content (AvgIpc) is 3.57. The number of hydrogen-bond donors (Lipinski definition) is 3. The molecule has 0 fully saturated rings. The highest BCUT2D eigenvalue weighted by Gasteiger charge is 2.22. The van der Waals surface area contributed by atoms with Gasteiger partial charge in [-0.3, -0.25) is 20.4 Å². The summed E-state index contributed by atoms with van der Waals surface area (Å²) >= 11 is 0. The van der Waals surface area contributed by atoms with Crippen LogP contribution < -0.4 is 20.3 Å². The van der Waals surface area contributed by atoms with Gasteiger partial charge in [-0.2, -0.15) is 5.10 Å². The van der Waals surface area contributed by atoms with E-state index in [4.69, 9.17) is 9.47 Å². The molecule has 3 N–H and O–H groups in total. The Kier molecular flexibility index (Phi) is 6.58. The topological polar surface area (TPSA) is 110 Å². The first-order valence-electron chi connectivity index (χ1n) is 11.6. The van der Waals surface area contributed by atoms with E-state index in [1.54, 1.807) is 42.4 Å². The molecule has 5 aromatic rings. The fourth-order valence-corrected chi connectivity index (χ4v) is 4.14. The zero-order valence-corrected chi connectivity index (χ0v) is 20.3. The van der Waals surface area contributed by atoms with Crippen molar-refractivity contribution in [2.24, 2.45) is 0 Å². The monoisotopic (exact) mass is 495 g/mol. The summed E-state index contributed by atoms with van der Waals surface area (Å²) in [7, 11) is 3.10. The molecule has 9 heteroatoms. The smallest absolute Gasteiger partial charge is 0.273 e. The third-order valence-corrected chi connectivity index (χ3v) is 5.98. The van der Waals surface area contributed by atoms with Gasteiger partial charge in [0.25, 0.3) is 5.91 Å². The van der Waals surface area contributed by atoms with Gasteiger partial charge in [0.2, 0.25) is 5.91 Å². The van der Waals surface area contributed by atoms with E-state index in [1.807, 2.05) is 54.6 Å². The molecule has 0 bridgehead atoms. The van der Waals surface area contributed by atoms with Crippen LogP contribution in [-0.4, -0.2) is 40.8 Å². The summed E-state index contributed by atoms with van der Waals surface area (Å²) in [5.74, 6) is 0.244. The van der Waals surface area contributed by atoms with Gasteiger partial charge in [0.1, 0.15) is 17.2 Å². The van der Waals surface area contributed by atoms with Crippen molar-refractivity contribution in [1.82, 2.24) is 25.6 Å². The van der Waals surface area contributed by atoms with Gasteiger partial charge < -0.3 is 14.5 Å². The van der Waals surface area contributed by atoms with Gasteiger partial charge in [0.05, 0.1) is 31.9 Å². The average molecular weight is 496 g/mol. The van der Waals surface area contributed by atoms with Gasteiger partial charge in [-0.15, -0.1) is 0 Å². The summed E-state index contributed by atoms with van der Waals surface area (Å²) in [5.41, 5.74) is 8.87. The molecule has 0 saturated carbocycles. The number of aromatic amines is 1. The third-order valence-electron chi connectivity index (χ3n) is 5.98. The number of rotatable bonds is 7. The number of aromatic nitrogens is 3. The Labute approximate surface area is 213 Å². The van der Waals surface area contributed by atoms with E-state index in [2.05, 4.69) is 20.9 Å². The van der Waals surface area contributed by atoms with E-state index in [0.29, 0.717) is 22.8 Å². The normalized spacial score (nSPS) is 10.8. The van der Waals surface area contributed by atoms with Crippen LogP contribution in [0.4, 0.5) is 0 Å². The number of para-hydroxylation sites is 2. The molecule has 5 rings (SSSR count). The molecule has 0 radical (unpaired) electrons. The summed E-state index contributed by atoms with van der Waals surface area (Å²) in [4.78, 5) is 29.1. The van der Waals surface area contributed by atoms with Gasteiger partial charge in [0, 0.05) is 34.9 Å². The first-order chi connectivity index (χ1) is 18.1. The van der Waals surface area contributed by atoms with Crippen LogP contribution in [-0.2, 0) is 11.2 Å². The molecular weight excluding hydrogens is 470 g/mol. The highest BCUT2D eigenvalue weighted by Crippen LogP contribution is 2.34. The largest absolute Gasteiger partial charge is 0.497 e. The van der Waals surface area contributed by atoms with Crippen LogP contribution in [0.1, 0.15) is 15.9 Å². The number of carbonyl (C=O) groups excluding carboxylic acids is 2. The van der Waals surface area contributed by atoms with Crippen molar-refractivity contribution in [2.75, 3.05) is 14.2 Å². The fraction of sp³-hybridized carbons (Fsp3) is 0.107. The molecule has 37 heavy (non-hydrogen) atoms. The molecule has 9 nitrogen and oxygen atoms in total. The number of nitrogens with one attached hydrogen (secondary N) is 3. The SMILES string of the molecule is COc1ccc(-c2nn(-c3ccccc3)cc2C(=O)NNC(=O)Cc2c[nH]c3ccccc23)c(OC)c1. The lowest BCUT2D eigenvalue weighted by molar-refractivity contribution is -0.121. The zero-order chi connectivity index (χ0) is 25.8. The fourth-order valence-electron chi connectivity index (χ4n) is 4.14. The maximum absolute atomic E-state index is 13.3. The van der Waals surface area contributed by atoms with E-state index in [9.17, 15) is 9.59 Å². The standard InChI is InChI=1S/C28H25N5O4/c1-36-20-12-13-22(25(15-20)37-2)27-23(17-33(32-27)19-8-4-3-5-9-19)28(35)31-30-26(34)14-18-16-29-24-11-7-6-10-21(18)24/h3-13,15-17,29H,14H2,1-2H3,(H,30,34)(H,31,35). The predicted molar refractivity (Wildman–Crippen MR) is 140 cm³/mol. The molecule has 2 aromatic heterocycles. The predicted octanol–water partition coefficient (Wildman–Crippen LogP) is 4.04. The molecule has 0 atom stereocenters. The number of hydrazine groups is 1. The Morgan fingerprint density at radius 3 is 2.51 bits per heavy atom. The van der Waals surface area contributed by atoms with E-state index >= 15 is 0 Å². The van der Waals surface area contributed by atoms with Crippen LogP contribution in [0.15, 0.2) is 85.2 Å². The van der Waals surface area contributed by atoms with E-state index in [1.165, 1.54) is 7.11 Å². The third kappa shape index (κ3) is 4.87. The summed E-state index contributed by atoms with van der Waals surface area (Å²) in [6.45, 7) is 0. The lowest BCUT2D eigenvalue weighted by Crippen LogP contribution is -2.42. The molecule has 0 aliphatic rings. The van der Waals surface area contributed by atoms with Gasteiger partial charge in [0.15, 0.2) is 0 Å². The minimum Gasteiger partial charge on any atom is -0.497 e. The summed E-state index contributed by atoms with van der Waals surface area (Å²) in [6.07, 6.45) is 3.52. The van der Waals surface area contributed by atoms with Crippen molar-refractivity contribution >= 4 is 22.7 Å². The number of amides is 2. The quantitative estimate of drug-likeness (QED) is 0.295. The Bertz CT molecular complexity index is 1570.